The van der Waals surface area contributed by atoms with Gasteiger partial charge in [-0.25, -0.2) is 14.4 Å². The fourth-order valence-corrected chi connectivity index (χ4v) is 10.5. The van der Waals surface area contributed by atoms with Gasteiger partial charge < -0.3 is 62.3 Å². The zero-order chi connectivity index (χ0) is 60.5. The molecule has 9 unspecified atom stereocenters. The second kappa shape index (κ2) is 44.2. The van der Waals surface area contributed by atoms with E-state index in [1.54, 1.807) is 12.3 Å². The van der Waals surface area contributed by atoms with E-state index < -0.39 is 55.2 Å². The predicted molar refractivity (Wildman–Crippen MR) is 308 cm³/mol. The number of hydrogen-bond acceptors (Lipinski definition) is 18. The van der Waals surface area contributed by atoms with Crippen LogP contribution in [0.15, 0.2) is 35.6 Å². The second-order valence-electron chi connectivity index (χ2n) is 22.3. The first-order chi connectivity index (χ1) is 40.2. The van der Waals surface area contributed by atoms with Gasteiger partial charge in [0.05, 0.1) is 31.3 Å². The highest BCUT2D eigenvalue weighted by atomic mass is 16.8. The smallest absolute Gasteiger partial charge is 0.498 e. The molecule has 0 spiro atoms. The van der Waals surface area contributed by atoms with E-state index in [9.17, 15) is 38.7 Å². The Bertz CT molecular complexity index is 1970. The molecule has 20 heteroatoms. The zero-order valence-electron chi connectivity index (χ0n) is 50.7. The van der Waals surface area contributed by atoms with Crippen molar-refractivity contribution in [2.75, 3.05) is 39.6 Å². The molecule has 0 saturated carbocycles. The van der Waals surface area contributed by atoms with Crippen LogP contribution in [0.4, 0.5) is 14.4 Å². The SMILES string of the molecule is C/C=C\OCC1COC(=O)O1.CCCCCCC1=CCC(CCCCCCCC(=O)O)C(C(=O)O)C1.CCCCCCC1=CCC(CCCCCCCC(=O)OC(CC)OCC2COC(=O)O2)C(C(=O)OC(CC)OCC2COC(=O)O2)C1. The van der Waals surface area contributed by atoms with Crippen molar-refractivity contribution in [3.63, 3.8) is 0 Å². The third-order valence-electron chi connectivity index (χ3n) is 15.3. The Labute approximate surface area is 493 Å². The van der Waals surface area contributed by atoms with Crippen LogP contribution in [0.1, 0.15) is 227 Å². The first kappa shape index (κ1) is 71.9. The van der Waals surface area contributed by atoms with Crippen molar-refractivity contribution in [1.29, 1.82) is 0 Å². The maximum atomic E-state index is 13.5. The summed E-state index contributed by atoms with van der Waals surface area (Å²) in [4.78, 5) is 80.5. The van der Waals surface area contributed by atoms with Crippen LogP contribution in [-0.2, 0) is 71.3 Å². The Kier molecular flexibility index (Phi) is 38.2. The van der Waals surface area contributed by atoms with Gasteiger partial charge in [0.15, 0.2) is 18.3 Å². The minimum Gasteiger partial charge on any atom is -0.498 e. The normalized spacial score (nSPS) is 22.6. The molecule has 0 bridgehead atoms. The molecule has 2 aliphatic carbocycles. The molecule has 0 aromatic rings. The Morgan fingerprint density at radius 2 is 0.988 bits per heavy atom. The number of rotatable bonds is 41. The fraction of sp³-hybridized carbons (Fsp3) is 0.794. The maximum Gasteiger partial charge on any atom is 0.508 e. The highest BCUT2D eigenvalue weighted by Crippen LogP contribution is 2.38. The number of esters is 2. The number of aliphatic carboxylic acids is 2. The van der Waals surface area contributed by atoms with Gasteiger partial charge in [0.1, 0.15) is 26.4 Å². The van der Waals surface area contributed by atoms with Crippen molar-refractivity contribution >= 4 is 42.3 Å². The summed E-state index contributed by atoms with van der Waals surface area (Å²) in [5.41, 5.74) is 2.70. The van der Waals surface area contributed by atoms with Crippen LogP contribution in [0.25, 0.3) is 0 Å². The lowest BCUT2D eigenvalue weighted by Crippen LogP contribution is -2.33. The fourth-order valence-electron chi connectivity index (χ4n) is 10.5. The van der Waals surface area contributed by atoms with E-state index in [0.29, 0.717) is 25.9 Å². The van der Waals surface area contributed by atoms with Crippen molar-refractivity contribution in [3.8, 4) is 0 Å². The Hall–Kier alpha value is -5.37. The highest BCUT2D eigenvalue weighted by Gasteiger charge is 2.35. The number of carbonyl (C=O) groups is 7. The number of ether oxygens (including phenoxy) is 11. The molecule has 3 aliphatic heterocycles. The standard InChI is InChI=1S/C35H56O12.C21H36O4.C7H10O4/c1-4-7-8-12-15-25-18-19-26(29(20-25)33(37)47-32(6-3)41-22-28-24-43-35(39)45-28)16-13-10-9-11-14-17-30(36)46-31(5-2)40-21-27-23-42-34(38)44-27;1-2-3-4-8-11-17-14-15-18(19(16-17)21(24)25)12-9-6-5-7-10-13-20(22)23;1-2-3-9-4-6-5-10-7(8)11-6/h18,26-29,31-32H,4-17,19-24H2,1-3H3;14,18-19H,2-13,15-16H2,1H3,(H,22,23)(H,24,25);2-3,6H,4-5H2,1H3/b;;3-2-. The number of allylic oxidation sites excluding steroid dienone is 5. The molecule has 3 saturated heterocycles. The van der Waals surface area contributed by atoms with Gasteiger partial charge in [-0.15, -0.1) is 0 Å². The number of cyclic esters (lactones) is 6. The molecule has 9 atom stereocenters. The summed E-state index contributed by atoms with van der Waals surface area (Å²) >= 11 is 0. The molecule has 474 valence electrons. The molecule has 3 fully saturated rings. The quantitative estimate of drug-likeness (QED) is 0.0144. The van der Waals surface area contributed by atoms with Crippen molar-refractivity contribution in [1.82, 2.24) is 0 Å². The van der Waals surface area contributed by atoms with Gasteiger partial charge in [0, 0.05) is 25.7 Å². The molecule has 5 aliphatic rings. The second-order valence-corrected chi connectivity index (χ2v) is 22.3. The van der Waals surface area contributed by atoms with E-state index in [1.807, 2.05) is 20.8 Å². The molecule has 0 aromatic heterocycles. The number of carboxylic acids is 2. The molecule has 3 heterocycles. The van der Waals surface area contributed by atoms with E-state index in [2.05, 4.69) is 35.5 Å². The lowest BCUT2D eigenvalue weighted by Gasteiger charge is -2.31. The number of unbranched alkanes of at least 4 members (excludes halogenated alkanes) is 14. The van der Waals surface area contributed by atoms with Crippen LogP contribution in [0.2, 0.25) is 0 Å². The monoisotopic (exact) mass is 1180 g/mol. The molecule has 0 aromatic carbocycles. The van der Waals surface area contributed by atoms with Crippen molar-refractivity contribution in [2.24, 2.45) is 23.7 Å². The lowest BCUT2D eigenvalue weighted by atomic mass is 9.76. The molecule has 5 rings (SSSR count). The third kappa shape index (κ3) is 32.5. The summed E-state index contributed by atoms with van der Waals surface area (Å²) in [6, 6.07) is 0. The highest BCUT2D eigenvalue weighted by molar-refractivity contribution is 5.74. The molecule has 83 heavy (non-hydrogen) atoms. The van der Waals surface area contributed by atoms with Crippen LogP contribution in [-0.4, -0.2) is 123 Å². The summed E-state index contributed by atoms with van der Waals surface area (Å²) < 4.78 is 56.3. The van der Waals surface area contributed by atoms with E-state index >= 15 is 0 Å². The zero-order valence-corrected chi connectivity index (χ0v) is 50.7. The number of carbonyl (C=O) groups excluding carboxylic acids is 5. The molecular formula is C63H102O20. The van der Waals surface area contributed by atoms with Gasteiger partial charge in [-0.1, -0.05) is 147 Å². The molecule has 0 amide bonds. The minimum atomic E-state index is -0.719. The van der Waals surface area contributed by atoms with Gasteiger partial charge in [-0.2, -0.15) is 0 Å². The lowest BCUT2D eigenvalue weighted by molar-refractivity contribution is -0.190. The predicted octanol–water partition coefficient (Wildman–Crippen LogP) is 14.2. The average Bonchev–Trinajstić information content (AvgIpc) is 4.28. The summed E-state index contributed by atoms with van der Waals surface area (Å²) in [6.07, 6.45) is 31.4. The first-order valence-corrected chi connectivity index (χ1v) is 31.3. The number of carboxylic acid groups (broad SMARTS) is 2. The van der Waals surface area contributed by atoms with E-state index in [0.717, 1.165) is 122 Å². The first-order valence-electron chi connectivity index (χ1n) is 31.3. The van der Waals surface area contributed by atoms with Crippen LogP contribution in [0, 0.1) is 23.7 Å². The maximum absolute atomic E-state index is 13.5. The minimum absolute atomic E-state index is 0.119. The Morgan fingerprint density at radius 3 is 1.43 bits per heavy atom. The topological polar surface area (TPSA) is 261 Å². The van der Waals surface area contributed by atoms with Gasteiger partial charge in [-0.05, 0) is 95.8 Å². The summed E-state index contributed by atoms with van der Waals surface area (Å²) in [5.74, 6) is -1.80. The van der Waals surface area contributed by atoms with Crippen LogP contribution >= 0.6 is 0 Å². The van der Waals surface area contributed by atoms with Crippen LogP contribution in [0.3, 0.4) is 0 Å². The van der Waals surface area contributed by atoms with Crippen LogP contribution < -0.4 is 0 Å². The third-order valence-corrected chi connectivity index (χ3v) is 15.3. The largest absolute Gasteiger partial charge is 0.508 e. The summed E-state index contributed by atoms with van der Waals surface area (Å²) in [5, 5.41) is 18.2. The summed E-state index contributed by atoms with van der Waals surface area (Å²) in [6.45, 7) is 11.2. The van der Waals surface area contributed by atoms with Gasteiger partial charge in [-0.3, -0.25) is 19.2 Å². The van der Waals surface area contributed by atoms with Crippen molar-refractivity contribution in [3.05, 3.63) is 35.6 Å². The number of hydrogen-bond donors (Lipinski definition) is 2. The summed E-state index contributed by atoms with van der Waals surface area (Å²) in [7, 11) is 0. The molecule has 2 N–H and O–H groups in total. The van der Waals surface area contributed by atoms with Gasteiger partial charge in [0.25, 0.3) is 0 Å². The molecule has 0 radical (unpaired) electrons. The van der Waals surface area contributed by atoms with Gasteiger partial charge >= 0.3 is 42.3 Å². The van der Waals surface area contributed by atoms with E-state index in [1.165, 1.54) is 56.1 Å². The van der Waals surface area contributed by atoms with Crippen LogP contribution in [0.5, 0.6) is 0 Å². The van der Waals surface area contributed by atoms with E-state index in [4.69, 9.17) is 47.7 Å². The molecular weight excluding hydrogens is 1080 g/mol. The van der Waals surface area contributed by atoms with Gasteiger partial charge in [0.2, 0.25) is 12.6 Å². The average molecular weight is 1180 g/mol. The van der Waals surface area contributed by atoms with Crippen molar-refractivity contribution < 1.29 is 95.9 Å². The van der Waals surface area contributed by atoms with Crippen molar-refractivity contribution in [2.45, 2.75) is 258 Å². The Balaban J connectivity index is 0.000000413. The van der Waals surface area contributed by atoms with E-state index in [-0.39, 0.29) is 81.2 Å². The Morgan fingerprint density at radius 1 is 0.554 bits per heavy atom. The molecule has 20 nitrogen and oxygen atoms in total.